The predicted octanol–water partition coefficient (Wildman–Crippen LogP) is 3.73. The van der Waals surface area contributed by atoms with Crippen molar-refractivity contribution in [3.63, 3.8) is 0 Å². The highest BCUT2D eigenvalue weighted by Crippen LogP contribution is 2.35. The lowest BCUT2D eigenvalue weighted by Gasteiger charge is -2.25. The van der Waals surface area contributed by atoms with Gasteiger partial charge in [0.1, 0.15) is 12.4 Å². The lowest BCUT2D eigenvalue weighted by atomic mass is 9.86. The van der Waals surface area contributed by atoms with Gasteiger partial charge >= 0.3 is 0 Å². The van der Waals surface area contributed by atoms with E-state index in [2.05, 4.69) is 6.92 Å². The van der Waals surface area contributed by atoms with Crippen LogP contribution in [0.4, 0.5) is 0 Å². The standard InChI is InChI=1S/C23H40O5/c1-3-5-14-23(28,4-2)15-10-13-20-19(21(26)16-22(20)27)12-9-7-6-8-11-18(25)17-24/h10,13,19-20,22,24,27-28H,3-9,11-12,14-17H2,1-2H3/t19-,20-,22-,23-/m1/s1. The third-order valence-electron chi connectivity index (χ3n) is 6.14. The van der Waals surface area contributed by atoms with Gasteiger partial charge in [0, 0.05) is 24.7 Å². The lowest BCUT2D eigenvalue weighted by molar-refractivity contribution is -0.122. The SMILES string of the molecule is CCCC[C@](O)(CC)CC=C[C@H]1[C@H](O)CC(=O)[C@@H]1CCCCCCC(=O)CO. The van der Waals surface area contributed by atoms with Crippen LogP contribution in [0.15, 0.2) is 12.2 Å². The number of carbonyl (C=O) groups excluding carboxylic acids is 2. The largest absolute Gasteiger partial charge is 0.392 e. The molecule has 0 aromatic heterocycles. The molecule has 0 heterocycles. The van der Waals surface area contributed by atoms with E-state index in [1.807, 2.05) is 19.1 Å². The summed E-state index contributed by atoms with van der Waals surface area (Å²) in [5.41, 5.74) is -0.693. The molecule has 3 N–H and O–H groups in total. The number of unbranched alkanes of at least 4 members (excludes halogenated alkanes) is 4. The summed E-state index contributed by atoms with van der Waals surface area (Å²) in [4.78, 5) is 23.4. The van der Waals surface area contributed by atoms with Gasteiger partial charge in [-0.15, -0.1) is 0 Å². The molecule has 1 rings (SSSR count). The van der Waals surface area contributed by atoms with Crippen molar-refractivity contribution in [1.29, 1.82) is 0 Å². The summed E-state index contributed by atoms with van der Waals surface area (Å²) < 4.78 is 0. The van der Waals surface area contributed by atoms with Gasteiger partial charge in [-0.1, -0.05) is 58.1 Å². The van der Waals surface area contributed by atoms with Crippen LogP contribution < -0.4 is 0 Å². The van der Waals surface area contributed by atoms with Crippen molar-refractivity contribution in [2.45, 2.75) is 103 Å². The molecular weight excluding hydrogens is 356 g/mol. The molecule has 0 radical (unpaired) electrons. The molecule has 0 saturated heterocycles. The third kappa shape index (κ3) is 8.54. The maximum absolute atomic E-state index is 12.3. The molecule has 28 heavy (non-hydrogen) atoms. The first-order valence-corrected chi connectivity index (χ1v) is 11.1. The third-order valence-corrected chi connectivity index (χ3v) is 6.14. The molecule has 0 spiro atoms. The van der Waals surface area contributed by atoms with E-state index < -0.39 is 11.7 Å². The normalized spacial score (nSPS) is 24.8. The Hall–Kier alpha value is -1.04. The molecule has 5 nitrogen and oxygen atoms in total. The number of ketones is 2. The van der Waals surface area contributed by atoms with Gasteiger partial charge in [-0.2, -0.15) is 0 Å². The molecule has 5 heteroatoms. The minimum absolute atomic E-state index is 0.120. The topological polar surface area (TPSA) is 94.8 Å². The van der Waals surface area contributed by atoms with E-state index in [1.54, 1.807) is 0 Å². The Balaban J connectivity index is 2.47. The van der Waals surface area contributed by atoms with Crippen molar-refractivity contribution in [1.82, 2.24) is 0 Å². The van der Waals surface area contributed by atoms with E-state index >= 15 is 0 Å². The van der Waals surface area contributed by atoms with Crippen LogP contribution >= 0.6 is 0 Å². The molecule has 0 aliphatic heterocycles. The van der Waals surface area contributed by atoms with Crippen LogP contribution in [0.2, 0.25) is 0 Å². The first-order chi connectivity index (χ1) is 13.4. The van der Waals surface area contributed by atoms with Crippen molar-refractivity contribution in [3.05, 3.63) is 12.2 Å². The highest BCUT2D eigenvalue weighted by Gasteiger charge is 2.39. The molecule has 0 aromatic carbocycles. The Labute approximate surface area is 170 Å². The molecule has 0 aromatic rings. The summed E-state index contributed by atoms with van der Waals surface area (Å²) in [5.74, 6) is -0.286. The Morgan fingerprint density at radius 3 is 2.54 bits per heavy atom. The summed E-state index contributed by atoms with van der Waals surface area (Å²) in [6, 6.07) is 0. The number of carbonyl (C=O) groups is 2. The molecule has 1 fully saturated rings. The molecule has 1 aliphatic carbocycles. The Morgan fingerprint density at radius 2 is 1.89 bits per heavy atom. The molecule has 0 bridgehead atoms. The lowest BCUT2D eigenvalue weighted by Crippen LogP contribution is -2.27. The average Bonchev–Trinajstić information content (AvgIpc) is 2.95. The Morgan fingerprint density at radius 1 is 1.18 bits per heavy atom. The maximum atomic E-state index is 12.3. The van der Waals surface area contributed by atoms with Crippen LogP contribution in [-0.4, -0.2) is 45.2 Å². The predicted molar refractivity (Wildman–Crippen MR) is 111 cm³/mol. The Kier molecular flexibility index (Phi) is 11.8. The van der Waals surface area contributed by atoms with Crippen LogP contribution in [-0.2, 0) is 9.59 Å². The van der Waals surface area contributed by atoms with E-state index in [9.17, 15) is 19.8 Å². The van der Waals surface area contributed by atoms with Crippen molar-refractivity contribution < 1.29 is 24.9 Å². The molecule has 0 amide bonds. The number of rotatable bonds is 15. The fraction of sp³-hybridized carbons (Fsp3) is 0.826. The number of aliphatic hydroxyl groups excluding tert-OH is 2. The zero-order chi connectivity index (χ0) is 21.0. The van der Waals surface area contributed by atoms with Crippen LogP contribution in [0.3, 0.4) is 0 Å². The molecule has 4 atom stereocenters. The van der Waals surface area contributed by atoms with E-state index in [4.69, 9.17) is 5.11 Å². The van der Waals surface area contributed by atoms with Gasteiger partial charge in [-0.3, -0.25) is 9.59 Å². The van der Waals surface area contributed by atoms with E-state index in [1.165, 1.54) is 0 Å². The van der Waals surface area contributed by atoms with Crippen molar-refractivity contribution >= 4 is 11.6 Å². The van der Waals surface area contributed by atoms with E-state index in [0.29, 0.717) is 19.3 Å². The molecule has 0 unspecified atom stereocenters. The number of aliphatic hydroxyl groups is 3. The van der Waals surface area contributed by atoms with Crippen molar-refractivity contribution in [3.8, 4) is 0 Å². The summed E-state index contributed by atoms with van der Waals surface area (Å²) >= 11 is 0. The average molecular weight is 397 g/mol. The second-order valence-electron chi connectivity index (χ2n) is 8.39. The second-order valence-corrected chi connectivity index (χ2v) is 8.39. The van der Waals surface area contributed by atoms with Crippen LogP contribution in [0.5, 0.6) is 0 Å². The van der Waals surface area contributed by atoms with Gasteiger partial charge < -0.3 is 15.3 Å². The molecule has 1 aliphatic rings. The van der Waals surface area contributed by atoms with Crippen molar-refractivity contribution in [2.24, 2.45) is 11.8 Å². The monoisotopic (exact) mass is 396 g/mol. The highest BCUT2D eigenvalue weighted by molar-refractivity contribution is 5.84. The molecular formula is C23H40O5. The van der Waals surface area contributed by atoms with Gasteiger partial charge in [-0.05, 0) is 32.1 Å². The first-order valence-electron chi connectivity index (χ1n) is 11.1. The van der Waals surface area contributed by atoms with Gasteiger partial charge in [0.05, 0.1) is 11.7 Å². The summed E-state index contributed by atoms with van der Waals surface area (Å²) in [6.45, 7) is 3.73. The highest BCUT2D eigenvalue weighted by atomic mass is 16.3. The van der Waals surface area contributed by atoms with Gasteiger partial charge in [0.2, 0.25) is 0 Å². The Bertz CT molecular complexity index is 501. The van der Waals surface area contributed by atoms with Crippen molar-refractivity contribution in [2.75, 3.05) is 6.61 Å². The summed E-state index contributed by atoms with van der Waals surface area (Å²) in [6.07, 6.45) is 12.3. The zero-order valence-corrected chi connectivity index (χ0v) is 17.7. The smallest absolute Gasteiger partial charge is 0.158 e. The quantitative estimate of drug-likeness (QED) is 0.290. The number of Topliss-reactive ketones (excluding diaryl/α,β-unsaturated/α-hetero) is 2. The minimum Gasteiger partial charge on any atom is -0.392 e. The zero-order valence-electron chi connectivity index (χ0n) is 17.7. The fourth-order valence-electron chi connectivity index (χ4n) is 4.08. The van der Waals surface area contributed by atoms with E-state index in [-0.39, 0.29) is 36.4 Å². The van der Waals surface area contributed by atoms with Crippen LogP contribution in [0, 0.1) is 11.8 Å². The number of hydrogen-bond acceptors (Lipinski definition) is 5. The number of hydrogen-bond donors (Lipinski definition) is 3. The van der Waals surface area contributed by atoms with Gasteiger partial charge in [0.15, 0.2) is 5.78 Å². The van der Waals surface area contributed by atoms with Gasteiger partial charge in [0.25, 0.3) is 0 Å². The minimum atomic E-state index is -0.693. The molecule has 1 saturated carbocycles. The molecule has 162 valence electrons. The van der Waals surface area contributed by atoms with E-state index in [0.717, 1.165) is 51.4 Å². The first kappa shape index (κ1) is 25.0. The maximum Gasteiger partial charge on any atom is 0.158 e. The van der Waals surface area contributed by atoms with Gasteiger partial charge in [-0.25, -0.2) is 0 Å². The summed E-state index contributed by atoms with van der Waals surface area (Å²) in [7, 11) is 0. The second kappa shape index (κ2) is 13.2. The van der Waals surface area contributed by atoms with Crippen LogP contribution in [0.25, 0.3) is 0 Å². The fourth-order valence-corrected chi connectivity index (χ4v) is 4.08. The van der Waals surface area contributed by atoms with Crippen LogP contribution in [0.1, 0.15) is 90.9 Å². The summed E-state index contributed by atoms with van der Waals surface area (Å²) in [5, 5.41) is 29.7.